The Hall–Kier alpha value is -3.69. The summed E-state index contributed by atoms with van der Waals surface area (Å²) in [6.45, 7) is 1.68. The number of aromatic nitrogens is 1. The largest absolute Gasteiger partial charge is 0.396 e. The Kier molecular flexibility index (Phi) is 5.22. The Morgan fingerprint density at radius 2 is 1.74 bits per heavy atom. The molecule has 0 aliphatic rings. The summed E-state index contributed by atoms with van der Waals surface area (Å²) >= 11 is 0. The van der Waals surface area contributed by atoms with E-state index in [-0.39, 0.29) is 22.1 Å². The highest BCUT2D eigenvalue weighted by molar-refractivity contribution is 7.86. The predicted molar refractivity (Wildman–Crippen MR) is 117 cm³/mol. The van der Waals surface area contributed by atoms with Gasteiger partial charge in [0.1, 0.15) is 22.1 Å². The van der Waals surface area contributed by atoms with E-state index < -0.39 is 10.1 Å². The minimum absolute atomic E-state index is 0.101. The molecule has 0 saturated carbocycles. The van der Waals surface area contributed by atoms with E-state index in [9.17, 15) is 17.4 Å². The third kappa shape index (κ3) is 4.14. The number of halogens is 1. The number of benzene rings is 3. The monoisotopic (exact) mass is 436 g/mol. The van der Waals surface area contributed by atoms with Crippen LogP contribution in [0.15, 0.2) is 82.0 Å². The lowest BCUT2D eigenvalue weighted by Crippen LogP contribution is -2.01. The molecule has 9 heteroatoms. The van der Waals surface area contributed by atoms with E-state index in [0.29, 0.717) is 27.7 Å². The molecule has 3 N–H and O–H groups in total. The van der Waals surface area contributed by atoms with Crippen LogP contribution < -0.4 is 5.73 Å². The van der Waals surface area contributed by atoms with Crippen molar-refractivity contribution in [3.05, 3.63) is 78.2 Å². The maximum absolute atomic E-state index is 13.5. The molecule has 0 spiro atoms. The Labute approximate surface area is 177 Å². The molecule has 0 bridgehead atoms. The smallest absolute Gasteiger partial charge is 0.295 e. The van der Waals surface area contributed by atoms with Crippen LogP contribution in [-0.2, 0) is 10.1 Å². The summed E-state index contributed by atoms with van der Waals surface area (Å²) in [5, 5.41) is 8.87. The van der Waals surface area contributed by atoms with Gasteiger partial charge in [-0.3, -0.25) is 9.54 Å². The zero-order chi connectivity index (χ0) is 22.2. The number of anilines is 1. The lowest BCUT2D eigenvalue weighted by Gasteiger charge is -2.09. The highest BCUT2D eigenvalue weighted by Gasteiger charge is 2.18. The van der Waals surface area contributed by atoms with E-state index in [4.69, 9.17) is 5.73 Å². The van der Waals surface area contributed by atoms with Gasteiger partial charge in [0.2, 0.25) is 0 Å². The number of rotatable bonds is 4. The Morgan fingerprint density at radius 1 is 1.00 bits per heavy atom. The van der Waals surface area contributed by atoms with Crippen LogP contribution in [-0.4, -0.2) is 18.0 Å². The van der Waals surface area contributed by atoms with E-state index in [0.717, 1.165) is 5.56 Å². The van der Waals surface area contributed by atoms with Crippen LogP contribution in [0.25, 0.3) is 22.0 Å². The average Bonchev–Trinajstić information content (AvgIpc) is 2.75. The van der Waals surface area contributed by atoms with Crippen LogP contribution in [0.5, 0.6) is 0 Å². The number of fused-ring (bicyclic) bond motifs is 1. The van der Waals surface area contributed by atoms with Crippen molar-refractivity contribution in [2.24, 2.45) is 10.2 Å². The first-order valence-electron chi connectivity index (χ1n) is 9.17. The van der Waals surface area contributed by atoms with Crippen LogP contribution in [0.2, 0.25) is 0 Å². The molecule has 0 fully saturated rings. The number of pyridine rings is 1. The van der Waals surface area contributed by atoms with Crippen molar-refractivity contribution in [2.75, 3.05) is 5.73 Å². The molecule has 7 nitrogen and oxygen atoms in total. The van der Waals surface area contributed by atoms with Gasteiger partial charge in [-0.2, -0.15) is 8.42 Å². The van der Waals surface area contributed by atoms with Crippen molar-refractivity contribution in [1.82, 2.24) is 4.98 Å². The molecule has 31 heavy (non-hydrogen) atoms. The molecule has 0 atom stereocenters. The zero-order valence-electron chi connectivity index (χ0n) is 16.3. The number of aryl methyl sites for hydroxylation is 1. The van der Waals surface area contributed by atoms with Gasteiger partial charge in [-0.25, -0.2) is 4.39 Å². The van der Waals surface area contributed by atoms with Gasteiger partial charge in [-0.15, -0.1) is 10.2 Å². The molecule has 3 aromatic carbocycles. The van der Waals surface area contributed by atoms with Gasteiger partial charge in [0.05, 0.1) is 17.6 Å². The number of nitrogen functional groups attached to an aromatic ring is 1. The van der Waals surface area contributed by atoms with Crippen LogP contribution in [0.3, 0.4) is 0 Å². The Bertz CT molecular complexity index is 1440. The van der Waals surface area contributed by atoms with Crippen molar-refractivity contribution >= 4 is 38.0 Å². The normalized spacial score (nSPS) is 12.0. The summed E-state index contributed by atoms with van der Waals surface area (Å²) in [5.74, 6) is -0.286. The number of hydrogen-bond acceptors (Lipinski definition) is 6. The summed E-state index contributed by atoms with van der Waals surface area (Å²) in [6, 6.07) is 15.8. The minimum atomic E-state index is -4.49. The molecule has 0 unspecified atom stereocenters. The van der Waals surface area contributed by atoms with Crippen LogP contribution in [0.4, 0.5) is 21.5 Å². The van der Waals surface area contributed by atoms with Crippen molar-refractivity contribution in [1.29, 1.82) is 0 Å². The summed E-state index contributed by atoms with van der Waals surface area (Å²) in [6.07, 6.45) is 1.48. The van der Waals surface area contributed by atoms with Gasteiger partial charge in [-0.1, -0.05) is 24.3 Å². The summed E-state index contributed by atoms with van der Waals surface area (Å²) in [4.78, 5) is 4.02. The molecule has 4 rings (SSSR count). The highest BCUT2D eigenvalue weighted by Crippen LogP contribution is 2.36. The molecule has 0 radical (unpaired) electrons. The molecule has 0 aliphatic heterocycles. The lowest BCUT2D eigenvalue weighted by atomic mass is 10.1. The number of nitrogens with two attached hydrogens (primary N) is 1. The van der Waals surface area contributed by atoms with Gasteiger partial charge in [0.15, 0.2) is 0 Å². The van der Waals surface area contributed by atoms with Gasteiger partial charge in [-0.05, 0) is 48.9 Å². The first-order valence-corrected chi connectivity index (χ1v) is 10.6. The minimum Gasteiger partial charge on any atom is -0.396 e. The number of nitrogens with zero attached hydrogens (tertiary/aromatic N) is 3. The summed E-state index contributed by atoms with van der Waals surface area (Å²) in [7, 11) is -4.49. The van der Waals surface area contributed by atoms with Crippen molar-refractivity contribution in [2.45, 2.75) is 11.8 Å². The maximum atomic E-state index is 13.5. The molecule has 4 aromatic rings. The fraction of sp³-hybridized carbons (Fsp3) is 0.0455. The molecule has 1 aromatic heterocycles. The molecule has 0 saturated heterocycles. The van der Waals surface area contributed by atoms with Crippen LogP contribution in [0, 0.1) is 12.7 Å². The number of azo groups is 1. The standard InChI is InChI=1S/C22H17FN4O3S/c1-13-10-14(6-8-18(13)23)19-9-7-15(12-25-19)26-27-20-11-21(31(28,29)30)16-4-2-3-5-17(16)22(20)24/h2-12H,24H2,1H3,(H,28,29,30). The summed E-state index contributed by atoms with van der Waals surface area (Å²) < 4.78 is 46.7. The quantitative estimate of drug-likeness (QED) is 0.245. The summed E-state index contributed by atoms with van der Waals surface area (Å²) in [5.41, 5.74) is 8.81. The van der Waals surface area contributed by atoms with Gasteiger partial charge >= 0.3 is 0 Å². The SMILES string of the molecule is Cc1cc(-c2ccc(N=Nc3cc(S(=O)(=O)O)c4ccccc4c3N)cn2)ccc1F. The zero-order valence-corrected chi connectivity index (χ0v) is 17.1. The molecular formula is C22H17FN4O3S. The molecular weight excluding hydrogens is 419 g/mol. The van der Waals surface area contributed by atoms with Crippen molar-refractivity contribution < 1.29 is 17.4 Å². The highest BCUT2D eigenvalue weighted by atomic mass is 32.2. The molecule has 156 valence electrons. The first kappa shape index (κ1) is 20.6. The van der Waals surface area contributed by atoms with E-state index in [1.165, 1.54) is 18.3 Å². The molecule has 0 aliphatic carbocycles. The Morgan fingerprint density at radius 3 is 2.39 bits per heavy atom. The van der Waals surface area contributed by atoms with Crippen LogP contribution in [0.1, 0.15) is 5.56 Å². The second-order valence-corrected chi connectivity index (χ2v) is 8.28. The van der Waals surface area contributed by atoms with E-state index in [2.05, 4.69) is 15.2 Å². The van der Waals surface area contributed by atoms with Crippen molar-refractivity contribution in [3.8, 4) is 11.3 Å². The Balaban J connectivity index is 1.70. The van der Waals surface area contributed by atoms with Crippen LogP contribution >= 0.6 is 0 Å². The maximum Gasteiger partial charge on any atom is 0.295 e. The van der Waals surface area contributed by atoms with E-state index in [1.54, 1.807) is 55.5 Å². The number of hydrogen-bond donors (Lipinski definition) is 2. The van der Waals surface area contributed by atoms with Gasteiger partial charge in [0, 0.05) is 16.3 Å². The second kappa shape index (κ2) is 7.86. The predicted octanol–water partition coefficient (Wildman–Crippen LogP) is 5.59. The third-order valence-electron chi connectivity index (χ3n) is 4.78. The van der Waals surface area contributed by atoms with E-state index >= 15 is 0 Å². The third-order valence-corrected chi connectivity index (χ3v) is 5.67. The van der Waals surface area contributed by atoms with Gasteiger partial charge in [0.25, 0.3) is 10.1 Å². The molecule has 0 amide bonds. The fourth-order valence-electron chi connectivity index (χ4n) is 3.18. The average molecular weight is 436 g/mol. The van der Waals surface area contributed by atoms with Gasteiger partial charge < -0.3 is 5.73 Å². The van der Waals surface area contributed by atoms with E-state index in [1.807, 2.05) is 0 Å². The first-order chi connectivity index (χ1) is 14.7. The topological polar surface area (TPSA) is 118 Å². The lowest BCUT2D eigenvalue weighted by molar-refractivity contribution is 0.484. The second-order valence-electron chi connectivity index (χ2n) is 6.89. The fourth-order valence-corrected chi connectivity index (χ4v) is 3.89. The van der Waals surface area contributed by atoms with Crippen molar-refractivity contribution in [3.63, 3.8) is 0 Å². The molecule has 1 heterocycles.